The van der Waals surface area contributed by atoms with Crippen LogP contribution in [0.1, 0.15) is 37.6 Å². The molecule has 0 aliphatic carbocycles. The lowest BCUT2D eigenvalue weighted by atomic mass is 10.1. The Balaban J connectivity index is 2.55. The average Bonchev–Trinajstić information content (AvgIpc) is 2.35. The SMILES string of the molecule is CC(C)COc1ccc(C(=O)NC(C)CC(=O)O)cc1. The highest BCUT2D eigenvalue weighted by Gasteiger charge is 2.12. The van der Waals surface area contributed by atoms with E-state index >= 15 is 0 Å². The van der Waals surface area contributed by atoms with Crippen molar-refractivity contribution in [3.05, 3.63) is 29.8 Å². The van der Waals surface area contributed by atoms with Gasteiger partial charge in [0.1, 0.15) is 5.75 Å². The fourth-order valence-corrected chi connectivity index (χ4v) is 1.59. The summed E-state index contributed by atoms with van der Waals surface area (Å²) in [5, 5.41) is 11.3. The lowest BCUT2D eigenvalue weighted by Gasteiger charge is -2.12. The Bertz CT molecular complexity index is 453. The van der Waals surface area contributed by atoms with Crippen molar-refractivity contribution in [2.75, 3.05) is 6.61 Å². The second-order valence-corrected chi connectivity index (χ2v) is 5.20. The van der Waals surface area contributed by atoms with Crippen molar-refractivity contribution in [1.82, 2.24) is 5.32 Å². The lowest BCUT2D eigenvalue weighted by molar-refractivity contribution is -0.137. The molecule has 0 fully saturated rings. The van der Waals surface area contributed by atoms with E-state index in [0.29, 0.717) is 23.8 Å². The van der Waals surface area contributed by atoms with E-state index in [0.717, 1.165) is 0 Å². The van der Waals surface area contributed by atoms with Crippen LogP contribution in [0.15, 0.2) is 24.3 Å². The minimum atomic E-state index is -0.935. The number of carbonyl (C=O) groups excluding carboxylic acids is 1. The molecule has 1 aromatic carbocycles. The first-order valence-electron chi connectivity index (χ1n) is 6.64. The quantitative estimate of drug-likeness (QED) is 0.803. The number of carboxylic acids is 1. The highest BCUT2D eigenvalue weighted by Crippen LogP contribution is 2.13. The summed E-state index contributed by atoms with van der Waals surface area (Å²) in [6.45, 7) is 6.41. The van der Waals surface area contributed by atoms with E-state index in [1.54, 1.807) is 31.2 Å². The molecule has 1 rings (SSSR count). The number of hydrogen-bond donors (Lipinski definition) is 2. The summed E-state index contributed by atoms with van der Waals surface area (Å²) in [5.74, 6) is -0.0620. The van der Waals surface area contributed by atoms with Crippen LogP contribution < -0.4 is 10.1 Å². The zero-order valence-corrected chi connectivity index (χ0v) is 12.1. The topological polar surface area (TPSA) is 75.6 Å². The standard InChI is InChI=1S/C15H21NO4/c1-10(2)9-20-13-6-4-12(5-7-13)15(19)16-11(3)8-14(17)18/h4-7,10-11H,8-9H2,1-3H3,(H,16,19)(H,17,18). The van der Waals surface area contributed by atoms with Gasteiger partial charge in [0.15, 0.2) is 0 Å². The van der Waals surface area contributed by atoms with Crippen LogP contribution in [0.5, 0.6) is 5.75 Å². The molecule has 20 heavy (non-hydrogen) atoms. The molecule has 5 nitrogen and oxygen atoms in total. The summed E-state index contributed by atoms with van der Waals surface area (Å²) in [6.07, 6.45) is -0.0959. The van der Waals surface area contributed by atoms with Gasteiger partial charge >= 0.3 is 5.97 Å². The Kier molecular flexibility index (Phi) is 6.03. The maximum atomic E-state index is 11.9. The van der Waals surface area contributed by atoms with Gasteiger partial charge in [-0.15, -0.1) is 0 Å². The predicted octanol–water partition coefficient (Wildman–Crippen LogP) is 2.31. The van der Waals surface area contributed by atoms with E-state index < -0.39 is 12.0 Å². The monoisotopic (exact) mass is 279 g/mol. The van der Waals surface area contributed by atoms with Crippen LogP contribution in [0.4, 0.5) is 0 Å². The van der Waals surface area contributed by atoms with Crippen LogP contribution >= 0.6 is 0 Å². The summed E-state index contributed by atoms with van der Waals surface area (Å²) in [4.78, 5) is 22.4. The minimum absolute atomic E-state index is 0.0959. The second kappa shape index (κ2) is 7.53. The predicted molar refractivity (Wildman–Crippen MR) is 76.0 cm³/mol. The van der Waals surface area contributed by atoms with Gasteiger partial charge in [-0.25, -0.2) is 0 Å². The van der Waals surface area contributed by atoms with Crippen molar-refractivity contribution in [3.63, 3.8) is 0 Å². The number of amides is 1. The van der Waals surface area contributed by atoms with Crippen LogP contribution in [-0.4, -0.2) is 29.6 Å². The molecular formula is C15H21NO4. The molecule has 2 N–H and O–H groups in total. The van der Waals surface area contributed by atoms with Gasteiger partial charge in [-0.2, -0.15) is 0 Å². The Hall–Kier alpha value is -2.04. The van der Waals surface area contributed by atoms with Gasteiger partial charge in [-0.1, -0.05) is 13.8 Å². The highest BCUT2D eigenvalue weighted by molar-refractivity contribution is 5.94. The molecule has 0 saturated carbocycles. The number of carboxylic acid groups (broad SMARTS) is 1. The second-order valence-electron chi connectivity index (χ2n) is 5.20. The van der Waals surface area contributed by atoms with Crippen molar-refractivity contribution in [1.29, 1.82) is 0 Å². The number of benzene rings is 1. The number of hydrogen-bond acceptors (Lipinski definition) is 3. The number of aliphatic carboxylic acids is 1. The van der Waals surface area contributed by atoms with Crippen LogP contribution in [0.2, 0.25) is 0 Å². The minimum Gasteiger partial charge on any atom is -0.493 e. The summed E-state index contributed by atoms with van der Waals surface area (Å²) in [5.41, 5.74) is 0.485. The first-order valence-corrected chi connectivity index (χ1v) is 6.64. The molecule has 1 aromatic rings. The molecule has 0 aliphatic heterocycles. The summed E-state index contributed by atoms with van der Waals surface area (Å²) in [7, 11) is 0. The van der Waals surface area contributed by atoms with E-state index in [1.807, 2.05) is 0 Å². The van der Waals surface area contributed by atoms with Gasteiger partial charge in [0.25, 0.3) is 5.91 Å². The maximum absolute atomic E-state index is 11.9. The summed E-state index contributed by atoms with van der Waals surface area (Å²) >= 11 is 0. The molecule has 0 radical (unpaired) electrons. The molecule has 0 aliphatic rings. The number of nitrogens with one attached hydrogen (secondary N) is 1. The molecule has 0 saturated heterocycles. The molecule has 0 bridgehead atoms. The van der Waals surface area contributed by atoms with Gasteiger partial charge in [0.05, 0.1) is 13.0 Å². The van der Waals surface area contributed by atoms with Crippen molar-refractivity contribution in [2.45, 2.75) is 33.2 Å². The van der Waals surface area contributed by atoms with Crippen molar-refractivity contribution in [2.24, 2.45) is 5.92 Å². The van der Waals surface area contributed by atoms with Crippen molar-refractivity contribution < 1.29 is 19.4 Å². The van der Waals surface area contributed by atoms with E-state index in [2.05, 4.69) is 19.2 Å². The van der Waals surface area contributed by atoms with Crippen LogP contribution in [-0.2, 0) is 4.79 Å². The molecule has 1 amide bonds. The van der Waals surface area contributed by atoms with Gasteiger partial charge in [-0.05, 0) is 37.1 Å². The molecule has 0 heterocycles. The first kappa shape index (κ1) is 16.0. The van der Waals surface area contributed by atoms with Crippen LogP contribution in [0.25, 0.3) is 0 Å². The smallest absolute Gasteiger partial charge is 0.305 e. The summed E-state index contributed by atoms with van der Waals surface area (Å²) in [6, 6.07) is 6.40. The number of rotatable bonds is 7. The Morgan fingerprint density at radius 2 is 1.80 bits per heavy atom. The van der Waals surface area contributed by atoms with Crippen molar-refractivity contribution in [3.8, 4) is 5.75 Å². The van der Waals surface area contributed by atoms with Gasteiger partial charge < -0.3 is 15.2 Å². The zero-order valence-electron chi connectivity index (χ0n) is 12.1. The average molecular weight is 279 g/mol. The molecule has 110 valence electrons. The first-order chi connectivity index (χ1) is 9.38. The number of carbonyl (C=O) groups is 2. The third-order valence-corrected chi connectivity index (χ3v) is 2.56. The van der Waals surface area contributed by atoms with Gasteiger partial charge in [0.2, 0.25) is 0 Å². The normalized spacial score (nSPS) is 12.0. The molecule has 0 spiro atoms. The summed E-state index contributed by atoms with van der Waals surface area (Å²) < 4.78 is 5.53. The fourth-order valence-electron chi connectivity index (χ4n) is 1.59. The number of ether oxygens (including phenoxy) is 1. The third-order valence-electron chi connectivity index (χ3n) is 2.56. The van der Waals surface area contributed by atoms with E-state index in [-0.39, 0.29) is 12.3 Å². The molecule has 1 unspecified atom stereocenters. The lowest BCUT2D eigenvalue weighted by Crippen LogP contribution is -2.34. The van der Waals surface area contributed by atoms with Gasteiger partial charge in [0, 0.05) is 11.6 Å². The van der Waals surface area contributed by atoms with Crippen molar-refractivity contribution >= 4 is 11.9 Å². The molecular weight excluding hydrogens is 258 g/mol. The maximum Gasteiger partial charge on any atom is 0.305 e. The van der Waals surface area contributed by atoms with Crippen LogP contribution in [0, 0.1) is 5.92 Å². The third kappa shape index (κ3) is 5.73. The molecule has 5 heteroatoms. The zero-order chi connectivity index (χ0) is 15.1. The Morgan fingerprint density at radius 1 is 1.20 bits per heavy atom. The van der Waals surface area contributed by atoms with Gasteiger partial charge in [-0.3, -0.25) is 9.59 Å². The van der Waals surface area contributed by atoms with Crippen LogP contribution in [0.3, 0.4) is 0 Å². The molecule has 1 atom stereocenters. The Labute approximate surface area is 118 Å². The van der Waals surface area contributed by atoms with E-state index in [9.17, 15) is 9.59 Å². The van der Waals surface area contributed by atoms with E-state index in [1.165, 1.54) is 0 Å². The Morgan fingerprint density at radius 3 is 2.30 bits per heavy atom. The molecule has 0 aromatic heterocycles. The van der Waals surface area contributed by atoms with E-state index in [4.69, 9.17) is 9.84 Å². The largest absolute Gasteiger partial charge is 0.493 e. The fraction of sp³-hybridized carbons (Fsp3) is 0.467. The highest BCUT2D eigenvalue weighted by atomic mass is 16.5.